The highest BCUT2D eigenvalue weighted by molar-refractivity contribution is 7.13. The molecule has 1 fully saturated rings. The Labute approximate surface area is 112 Å². The van der Waals surface area contributed by atoms with Gasteiger partial charge >= 0.3 is 0 Å². The molecule has 0 aromatic carbocycles. The van der Waals surface area contributed by atoms with Crippen LogP contribution < -0.4 is 10.6 Å². The molecule has 2 atom stereocenters. The van der Waals surface area contributed by atoms with Crippen LogP contribution in [0.3, 0.4) is 0 Å². The number of hydrogen-bond donors (Lipinski definition) is 2. The van der Waals surface area contributed by atoms with Crippen LogP contribution in [0.15, 0.2) is 5.38 Å². The van der Waals surface area contributed by atoms with E-state index in [2.05, 4.69) is 29.5 Å². The highest BCUT2D eigenvalue weighted by Gasteiger charge is 2.25. The van der Waals surface area contributed by atoms with E-state index in [1.54, 1.807) is 0 Å². The topological polar surface area (TPSA) is 54.0 Å². The zero-order chi connectivity index (χ0) is 13.0. The Bertz CT molecular complexity index is 405. The molecule has 1 aliphatic rings. The van der Waals surface area contributed by atoms with E-state index in [1.165, 1.54) is 11.3 Å². The molecule has 1 aliphatic heterocycles. The van der Waals surface area contributed by atoms with E-state index < -0.39 is 0 Å². The molecule has 100 valence electrons. The van der Waals surface area contributed by atoms with E-state index in [9.17, 15) is 4.79 Å². The van der Waals surface area contributed by atoms with Gasteiger partial charge < -0.3 is 10.6 Å². The Kier molecular flexibility index (Phi) is 4.72. The van der Waals surface area contributed by atoms with E-state index in [1.807, 2.05) is 5.38 Å². The van der Waals surface area contributed by atoms with Gasteiger partial charge in [0.1, 0.15) is 0 Å². The molecule has 0 bridgehead atoms. The van der Waals surface area contributed by atoms with Gasteiger partial charge in [0.05, 0.1) is 5.69 Å². The molecule has 2 N–H and O–H groups in total. The summed E-state index contributed by atoms with van der Waals surface area (Å²) in [4.78, 5) is 16.5. The van der Waals surface area contributed by atoms with Gasteiger partial charge in [-0.1, -0.05) is 13.3 Å². The number of aromatic nitrogens is 1. The first-order valence-corrected chi connectivity index (χ1v) is 7.55. The first-order valence-electron chi connectivity index (χ1n) is 6.67. The summed E-state index contributed by atoms with van der Waals surface area (Å²) in [5.74, 6) is 0.250. The Hall–Kier alpha value is -0.940. The number of nitrogens with zero attached hydrogens (tertiary/aromatic N) is 1. The number of rotatable bonds is 4. The second kappa shape index (κ2) is 6.29. The molecule has 0 spiro atoms. The number of hydrogen-bond acceptors (Lipinski definition) is 4. The second-order valence-corrected chi connectivity index (χ2v) is 5.82. The number of nitrogens with one attached hydrogen (secondary N) is 2. The SMILES string of the molecule is CCCc1csc(NC(=O)[C@H]2CCN[C@@H](C)C2)n1. The molecular weight excluding hydrogens is 246 g/mol. The molecule has 2 heterocycles. The van der Waals surface area contributed by atoms with Crippen molar-refractivity contribution in [2.24, 2.45) is 5.92 Å². The zero-order valence-corrected chi connectivity index (χ0v) is 11.8. The first kappa shape index (κ1) is 13.5. The molecular formula is C13H21N3OS. The van der Waals surface area contributed by atoms with Crippen LogP contribution in [0.4, 0.5) is 5.13 Å². The number of aryl methyl sites for hydroxylation is 1. The number of amides is 1. The molecule has 0 saturated carbocycles. The van der Waals surface area contributed by atoms with Gasteiger partial charge in [-0.05, 0) is 32.7 Å². The maximum absolute atomic E-state index is 12.1. The van der Waals surface area contributed by atoms with Crippen molar-refractivity contribution in [2.45, 2.75) is 45.6 Å². The minimum absolute atomic E-state index is 0.125. The lowest BCUT2D eigenvalue weighted by molar-refractivity contribution is -0.120. The molecule has 0 aliphatic carbocycles. The van der Waals surface area contributed by atoms with Crippen LogP contribution >= 0.6 is 11.3 Å². The molecule has 4 nitrogen and oxygen atoms in total. The Morgan fingerprint density at radius 2 is 2.50 bits per heavy atom. The van der Waals surface area contributed by atoms with Crippen LogP contribution in [0.5, 0.6) is 0 Å². The van der Waals surface area contributed by atoms with Gasteiger partial charge in [-0.2, -0.15) is 0 Å². The van der Waals surface area contributed by atoms with Crippen LogP contribution in [0.2, 0.25) is 0 Å². The van der Waals surface area contributed by atoms with Gasteiger partial charge in [-0.3, -0.25) is 4.79 Å². The zero-order valence-electron chi connectivity index (χ0n) is 11.0. The van der Waals surface area contributed by atoms with Gasteiger partial charge in [0.25, 0.3) is 0 Å². The van der Waals surface area contributed by atoms with E-state index in [0.29, 0.717) is 6.04 Å². The van der Waals surface area contributed by atoms with Crippen molar-refractivity contribution in [3.05, 3.63) is 11.1 Å². The van der Waals surface area contributed by atoms with Crippen molar-refractivity contribution in [3.63, 3.8) is 0 Å². The number of thiazole rings is 1. The summed E-state index contributed by atoms with van der Waals surface area (Å²) in [6.07, 6.45) is 3.90. The fraction of sp³-hybridized carbons (Fsp3) is 0.692. The number of anilines is 1. The predicted molar refractivity (Wildman–Crippen MR) is 74.9 cm³/mol. The molecule has 1 aromatic heterocycles. The number of piperidine rings is 1. The maximum Gasteiger partial charge on any atom is 0.229 e. The Morgan fingerprint density at radius 3 is 3.22 bits per heavy atom. The lowest BCUT2D eigenvalue weighted by Crippen LogP contribution is -2.40. The molecule has 18 heavy (non-hydrogen) atoms. The van der Waals surface area contributed by atoms with Gasteiger partial charge in [-0.25, -0.2) is 4.98 Å². The summed E-state index contributed by atoms with van der Waals surface area (Å²) in [5, 5.41) is 9.09. The highest BCUT2D eigenvalue weighted by atomic mass is 32.1. The third kappa shape index (κ3) is 3.53. The third-order valence-corrected chi connectivity index (χ3v) is 4.09. The van der Waals surface area contributed by atoms with E-state index >= 15 is 0 Å². The monoisotopic (exact) mass is 267 g/mol. The summed E-state index contributed by atoms with van der Waals surface area (Å²) in [6.45, 7) is 5.19. The number of carbonyl (C=O) groups excluding carboxylic acids is 1. The average Bonchev–Trinajstić information content (AvgIpc) is 2.77. The van der Waals surface area contributed by atoms with Crippen molar-refractivity contribution in [1.29, 1.82) is 0 Å². The van der Waals surface area contributed by atoms with E-state index in [4.69, 9.17) is 0 Å². The molecule has 0 radical (unpaired) electrons. The minimum atomic E-state index is 0.125. The van der Waals surface area contributed by atoms with E-state index in [0.717, 1.165) is 43.1 Å². The summed E-state index contributed by atoms with van der Waals surface area (Å²) < 4.78 is 0. The van der Waals surface area contributed by atoms with Crippen molar-refractivity contribution in [1.82, 2.24) is 10.3 Å². The smallest absolute Gasteiger partial charge is 0.229 e. The summed E-state index contributed by atoms with van der Waals surface area (Å²) >= 11 is 1.52. The molecule has 0 unspecified atom stereocenters. The van der Waals surface area contributed by atoms with E-state index in [-0.39, 0.29) is 11.8 Å². The Morgan fingerprint density at radius 1 is 1.67 bits per heavy atom. The van der Waals surface area contributed by atoms with Gasteiger partial charge in [-0.15, -0.1) is 11.3 Å². The average molecular weight is 267 g/mol. The van der Waals surface area contributed by atoms with Gasteiger partial charge in [0.15, 0.2) is 5.13 Å². The second-order valence-electron chi connectivity index (χ2n) is 4.96. The predicted octanol–water partition coefficient (Wildman–Crippen LogP) is 2.42. The van der Waals surface area contributed by atoms with Crippen molar-refractivity contribution in [2.75, 3.05) is 11.9 Å². The lowest BCUT2D eigenvalue weighted by Gasteiger charge is -2.26. The standard InChI is InChI=1S/C13H21N3OS/c1-3-4-11-8-18-13(15-11)16-12(17)10-5-6-14-9(2)7-10/h8-10,14H,3-7H2,1-2H3,(H,15,16,17)/t9-,10-/m0/s1. The summed E-state index contributed by atoms with van der Waals surface area (Å²) in [7, 11) is 0. The third-order valence-electron chi connectivity index (χ3n) is 3.28. The fourth-order valence-corrected chi connectivity index (χ4v) is 3.06. The Balaban J connectivity index is 1.89. The van der Waals surface area contributed by atoms with Crippen molar-refractivity contribution >= 4 is 22.4 Å². The highest BCUT2D eigenvalue weighted by Crippen LogP contribution is 2.21. The van der Waals surface area contributed by atoms with Gasteiger partial charge in [0, 0.05) is 17.3 Å². The van der Waals surface area contributed by atoms with Crippen LogP contribution in [-0.4, -0.2) is 23.5 Å². The molecule has 5 heteroatoms. The van der Waals surface area contributed by atoms with Crippen LogP contribution in [0.25, 0.3) is 0 Å². The van der Waals surface area contributed by atoms with Crippen LogP contribution in [-0.2, 0) is 11.2 Å². The summed E-state index contributed by atoms with van der Waals surface area (Å²) in [5.41, 5.74) is 1.08. The molecule has 1 aromatic rings. The van der Waals surface area contributed by atoms with Crippen molar-refractivity contribution < 1.29 is 4.79 Å². The van der Waals surface area contributed by atoms with Crippen LogP contribution in [0, 0.1) is 5.92 Å². The maximum atomic E-state index is 12.1. The largest absolute Gasteiger partial charge is 0.314 e. The molecule has 1 amide bonds. The minimum Gasteiger partial charge on any atom is -0.314 e. The summed E-state index contributed by atoms with van der Waals surface area (Å²) in [6, 6.07) is 0.432. The fourth-order valence-electron chi connectivity index (χ4n) is 2.31. The lowest BCUT2D eigenvalue weighted by atomic mass is 9.92. The van der Waals surface area contributed by atoms with Crippen LogP contribution in [0.1, 0.15) is 38.8 Å². The quantitative estimate of drug-likeness (QED) is 0.881. The molecule has 2 rings (SSSR count). The van der Waals surface area contributed by atoms with Gasteiger partial charge in [0.2, 0.25) is 5.91 Å². The molecule has 1 saturated heterocycles. The van der Waals surface area contributed by atoms with Crippen molar-refractivity contribution in [3.8, 4) is 0 Å². The normalized spacial score (nSPS) is 23.9. The first-order chi connectivity index (χ1) is 8.69. The number of carbonyl (C=O) groups is 1.